The Morgan fingerprint density at radius 3 is 2.74 bits per heavy atom. The molecule has 3 heteroatoms. The molecule has 1 saturated heterocycles. The SMILES string of the molecule is O=C(Cc1ccc2c(c1)CCC2)N1CCC(c2c[nH]c3ccccc23)CC1. The molecular weight excluding hydrogens is 332 g/mol. The third kappa shape index (κ3) is 3.16. The molecule has 0 unspecified atom stereocenters. The monoisotopic (exact) mass is 358 g/mol. The molecule has 1 aliphatic heterocycles. The van der Waals surface area contributed by atoms with E-state index in [4.69, 9.17) is 0 Å². The first-order valence-corrected chi connectivity index (χ1v) is 10.2. The van der Waals surface area contributed by atoms with E-state index in [1.54, 1.807) is 0 Å². The fourth-order valence-corrected chi connectivity index (χ4v) is 4.89. The number of hydrogen-bond donors (Lipinski definition) is 1. The van der Waals surface area contributed by atoms with Crippen LogP contribution in [-0.2, 0) is 24.1 Å². The maximum atomic E-state index is 12.8. The molecule has 5 rings (SSSR count). The number of aromatic amines is 1. The van der Waals surface area contributed by atoms with Crippen LogP contribution in [0.1, 0.15) is 47.4 Å². The molecule has 2 heterocycles. The second kappa shape index (κ2) is 6.88. The van der Waals surface area contributed by atoms with Crippen LogP contribution in [0.5, 0.6) is 0 Å². The number of likely N-dealkylation sites (tertiary alicyclic amines) is 1. The van der Waals surface area contributed by atoms with Crippen molar-refractivity contribution in [3.63, 3.8) is 0 Å². The molecule has 0 saturated carbocycles. The standard InChI is InChI=1S/C24H26N2O/c27-24(15-17-8-9-18-4-3-5-20(18)14-17)26-12-10-19(11-13-26)22-16-25-23-7-2-1-6-21(22)23/h1-2,6-9,14,16,19,25H,3-5,10-13,15H2. The molecule has 0 radical (unpaired) electrons. The smallest absolute Gasteiger partial charge is 0.226 e. The normalized spacial score (nSPS) is 17.4. The van der Waals surface area contributed by atoms with Crippen LogP contribution >= 0.6 is 0 Å². The Bertz CT molecular complexity index is 979. The van der Waals surface area contributed by atoms with Crippen LogP contribution in [0.2, 0.25) is 0 Å². The largest absolute Gasteiger partial charge is 0.361 e. The Morgan fingerprint density at radius 2 is 1.85 bits per heavy atom. The molecule has 1 fully saturated rings. The fourth-order valence-electron chi connectivity index (χ4n) is 4.89. The molecule has 3 aromatic rings. The van der Waals surface area contributed by atoms with Crippen molar-refractivity contribution in [3.8, 4) is 0 Å². The van der Waals surface area contributed by atoms with Gasteiger partial charge in [0.25, 0.3) is 0 Å². The third-order valence-electron chi connectivity index (χ3n) is 6.43. The summed E-state index contributed by atoms with van der Waals surface area (Å²) in [6.45, 7) is 1.74. The second-order valence-electron chi connectivity index (χ2n) is 8.08. The predicted molar refractivity (Wildman–Crippen MR) is 109 cm³/mol. The second-order valence-corrected chi connectivity index (χ2v) is 8.08. The van der Waals surface area contributed by atoms with E-state index in [9.17, 15) is 4.79 Å². The van der Waals surface area contributed by atoms with E-state index in [0.717, 1.165) is 25.9 Å². The summed E-state index contributed by atoms with van der Waals surface area (Å²) in [4.78, 5) is 18.3. The quantitative estimate of drug-likeness (QED) is 0.729. The molecule has 3 nitrogen and oxygen atoms in total. The lowest BCUT2D eigenvalue weighted by atomic mass is 9.89. The van der Waals surface area contributed by atoms with E-state index in [2.05, 4.69) is 58.5 Å². The molecule has 0 bridgehead atoms. The van der Waals surface area contributed by atoms with E-state index in [0.29, 0.717) is 12.3 Å². The number of carbonyl (C=O) groups excluding carboxylic acids is 1. The van der Waals surface area contributed by atoms with Gasteiger partial charge in [0.1, 0.15) is 0 Å². The van der Waals surface area contributed by atoms with Gasteiger partial charge in [-0.3, -0.25) is 4.79 Å². The zero-order valence-corrected chi connectivity index (χ0v) is 15.7. The summed E-state index contributed by atoms with van der Waals surface area (Å²) in [7, 11) is 0. The van der Waals surface area contributed by atoms with Crippen molar-refractivity contribution in [1.29, 1.82) is 0 Å². The molecule has 1 aromatic heterocycles. The Labute approximate surface area is 160 Å². The van der Waals surface area contributed by atoms with Crippen molar-refractivity contribution in [1.82, 2.24) is 9.88 Å². The van der Waals surface area contributed by atoms with Crippen molar-refractivity contribution < 1.29 is 4.79 Å². The van der Waals surface area contributed by atoms with Crippen LogP contribution in [-0.4, -0.2) is 28.9 Å². The number of benzene rings is 2. The highest BCUT2D eigenvalue weighted by Crippen LogP contribution is 2.33. The number of piperidine rings is 1. The summed E-state index contributed by atoms with van der Waals surface area (Å²) >= 11 is 0. The summed E-state index contributed by atoms with van der Waals surface area (Å²) in [6.07, 6.45) is 8.45. The van der Waals surface area contributed by atoms with Gasteiger partial charge in [0, 0.05) is 30.2 Å². The molecule has 0 spiro atoms. The molecule has 1 amide bonds. The summed E-state index contributed by atoms with van der Waals surface area (Å²) < 4.78 is 0. The van der Waals surface area contributed by atoms with Crippen molar-refractivity contribution in [3.05, 3.63) is 70.9 Å². The molecular formula is C24H26N2O. The first-order valence-electron chi connectivity index (χ1n) is 10.2. The Balaban J connectivity index is 1.23. The minimum absolute atomic E-state index is 0.283. The highest BCUT2D eigenvalue weighted by Gasteiger charge is 2.25. The van der Waals surface area contributed by atoms with Crippen molar-refractivity contribution in [2.45, 2.75) is 44.4 Å². The number of aryl methyl sites for hydroxylation is 2. The predicted octanol–water partition coefficient (Wildman–Crippen LogP) is 4.61. The Kier molecular flexibility index (Phi) is 4.23. The van der Waals surface area contributed by atoms with E-state index >= 15 is 0 Å². The van der Waals surface area contributed by atoms with Gasteiger partial charge < -0.3 is 9.88 Å². The number of H-pyrrole nitrogens is 1. The number of para-hydroxylation sites is 1. The first kappa shape index (κ1) is 16.6. The van der Waals surface area contributed by atoms with Gasteiger partial charge in [-0.15, -0.1) is 0 Å². The number of hydrogen-bond acceptors (Lipinski definition) is 1. The molecule has 2 aromatic carbocycles. The highest BCUT2D eigenvalue weighted by atomic mass is 16.2. The van der Waals surface area contributed by atoms with Crippen LogP contribution in [0, 0.1) is 0 Å². The molecule has 1 aliphatic carbocycles. The zero-order valence-electron chi connectivity index (χ0n) is 15.7. The minimum Gasteiger partial charge on any atom is -0.361 e. The lowest BCUT2D eigenvalue weighted by Gasteiger charge is -2.32. The molecule has 2 aliphatic rings. The number of nitrogens with one attached hydrogen (secondary N) is 1. The van der Waals surface area contributed by atoms with Crippen molar-refractivity contribution in [2.75, 3.05) is 13.1 Å². The molecule has 138 valence electrons. The van der Waals surface area contributed by atoms with Gasteiger partial charge in [-0.05, 0) is 66.3 Å². The van der Waals surface area contributed by atoms with Gasteiger partial charge in [0.05, 0.1) is 6.42 Å². The van der Waals surface area contributed by atoms with Gasteiger partial charge in [0.15, 0.2) is 0 Å². The first-order chi connectivity index (χ1) is 13.3. The average Bonchev–Trinajstić information content (AvgIpc) is 3.34. The molecule has 0 atom stereocenters. The summed E-state index contributed by atoms with van der Waals surface area (Å²) in [6, 6.07) is 15.2. The van der Waals surface area contributed by atoms with Crippen LogP contribution in [0.25, 0.3) is 10.9 Å². The molecule has 27 heavy (non-hydrogen) atoms. The number of amides is 1. The van der Waals surface area contributed by atoms with Crippen LogP contribution in [0.4, 0.5) is 0 Å². The topological polar surface area (TPSA) is 36.1 Å². The van der Waals surface area contributed by atoms with Crippen LogP contribution in [0.15, 0.2) is 48.7 Å². The van der Waals surface area contributed by atoms with Gasteiger partial charge >= 0.3 is 0 Å². The Hall–Kier alpha value is -2.55. The number of carbonyl (C=O) groups is 1. The van der Waals surface area contributed by atoms with E-state index in [1.807, 2.05) is 0 Å². The van der Waals surface area contributed by atoms with E-state index in [1.165, 1.54) is 52.4 Å². The zero-order chi connectivity index (χ0) is 18.2. The van der Waals surface area contributed by atoms with E-state index < -0.39 is 0 Å². The summed E-state index contributed by atoms with van der Waals surface area (Å²) in [5.74, 6) is 0.829. The Morgan fingerprint density at radius 1 is 1.04 bits per heavy atom. The maximum Gasteiger partial charge on any atom is 0.226 e. The average molecular weight is 358 g/mol. The summed E-state index contributed by atoms with van der Waals surface area (Å²) in [5.41, 5.74) is 6.74. The molecule has 1 N–H and O–H groups in total. The third-order valence-corrected chi connectivity index (χ3v) is 6.43. The van der Waals surface area contributed by atoms with E-state index in [-0.39, 0.29) is 5.91 Å². The lowest BCUT2D eigenvalue weighted by molar-refractivity contribution is -0.131. The van der Waals surface area contributed by atoms with Gasteiger partial charge in [0.2, 0.25) is 5.91 Å². The summed E-state index contributed by atoms with van der Waals surface area (Å²) in [5, 5.41) is 1.33. The fraction of sp³-hybridized carbons (Fsp3) is 0.375. The minimum atomic E-state index is 0.283. The number of rotatable bonds is 3. The number of fused-ring (bicyclic) bond motifs is 2. The number of nitrogens with zero attached hydrogens (tertiary/aromatic N) is 1. The lowest BCUT2D eigenvalue weighted by Crippen LogP contribution is -2.38. The van der Waals surface area contributed by atoms with Crippen molar-refractivity contribution >= 4 is 16.8 Å². The van der Waals surface area contributed by atoms with Crippen LogP contribution in [0.3, 0.4) is 0 Å². The number of aromatic nitrogens is 1. The van der Waals surface area contributed by atoms with Gasteiger partial charge in [-0.25, -0.2) is 0 Å². The van der Waals surface area contributed by atoms with Gasteiger partial charge in [-0.1, -0.05) is 36.4 Å². The highest BCUT2D eigenvalue weighted by molar-refractivity contribution is 5.84. The maximum absolute atomic E-state index is 12.8. The van der Waals surface area contributed by atoms with Crippen molar-refractivity contribution in [2.24, 2.45) is 0 Å². The van der Waals surface area contributed by atoms with Gasteiger partial charge in [-0.2, -0.15) is 0 Å². The van der Waals surface area contributed by atoms with Crippen LogP contribution < -0.4 is 0 Å².